The van der Waals surface area contributed by atoms with E-state index in [0.717, 1.165) is 18.0 Å². The molecule has 0 unspecified atom stereocenters. The summed E-state index contributed by atoms with van der Waals surface area (Å²) in [4.78, 5) is 1.98. The first kappa shape index (κ1) is 12.3. The lowest BCUT2D eigenvalue weighted by molar-refractivity contribution is 0.281. The average molecular weight is 229 g/mol. The van der Waals surface area contributed by atoms with E-state index in [1.165, 1.54) is 12.1 Å². The minimum atomic E-state index is -0.299. The highest BCUT2D eigenvalue weighted by molar-refractivity contribution is 7.98. The summed E-state index contributed by atoms with van der Waals surface area (Å²) in [5.74, 6) is 0.703. The van der Waals surface area contributed by atoms with Crippen LogP contribution in [0.3, 0.4) is 0 Å². The number of benzene rings is 1. The first-order valence-electron chi connectivity index (χ1n) is 4.77. The third-order valence-electron chi connectivity index (χ3n) is 2.20. The molecule has 0 spiro atoms. The lowest BCUT2D eigenvalue weighted by Crippen LogP contribution is -2.20. The molecule has 1 N–H and O–H groups in total. The maximum absolute atomic E-state index is 13.2. The molecule has 1 aromatic carbocycles. The average Bonchev–Trinajstić information content (AvgIpc) is 2.24. The Labute approximate surface area is 94.1 Å². The fourth-order valence-electron chi connectivity index (χ4n) is 1.30. The first-order chi connectivity index (χ1) is 7.17. The molecule has 0 atom stereocenters. The predicted octanol–water partition coefficient (Wildman–Crippen LogP) is 2.12. The van der Waals surface area contributed by atoms with Crippen molar-refractivity contribution in [1.29, 1.82) is 0 Å². The molecule has 0 heterocycles. The van der Waals surface area contributed by atoms with Gasteiger partial charge in [-0.1, -0.05) is 0 Å². The number of nitrogens with zero attached hydrogens (tertiary/aromatic N) is 1. The number of thioether (sulfide) groups is 1. The second kappa shape index (κ2) is 5.98. The van der Waals surface area contributed by atoms with E-state index in [2.05, 4.69) is 0 Å². The van der Waals surface area contributed by atoms with Gasteiger partial charge in [0.2, 0.25) is 0 Å². The van der Waals surface area contributed by atoms with Gasteiger partial charge in [0, 0.05) is 25.0 Å². The maximum Gasteiger partial charge on any atom is 0.125 e. The molecule has 0 bridgehead atoms. The highest BCUT2D eigenvalue weighted by Gasteiger charge is 2.04. The van der Waals surface area contributed by atoms with Gasteiger partial charge in [0.1, 0.15) is 5.82 Å². The van der Waals surface area contributed by atoms with E-state index in [1.54, 1.807) is 11.8 Å². The van der Waals surface area contributed by atoms with Crippen molar-refractivity contribution in [2.24, 2.45) is 0 Å². The Morgan fingerprint density at radius 1 is 1.40 bits per heavy atom. The van der Waals surface area contributed by atoms with Gasteiger partial charge in [-0.25, -0.2) is 4.39 Å². The summed E-state index contributed by atoms with van der Waals surface area (Å²) in [6, 6.07) is 4.65. The van der Waals surface area contributed by atoms with Crippen LogP contribution in [0.15, 0.2) is 18.2 Å². The normalized spacial score (nSPS) is 10.4. The number of aliphatic hydroxyl groups excluding tert-OH is 1. The fourth-order valence-corrected chi connectivity index (χ4v) is 1.76. The van der Waals surface area contributed by atoms with Gasteiger partial charge in [-0.3, -0.25) is 0 Å². The Bertz CT molecular complexity index is 319. The van der Waals surface area contributed by atoms with Gasteiger partial charge in [-0.2, -0.15) is 11.8 Å². The highest BCUT2D eigenvalue weighted by atomic mass is 32.2. The highest BCUT2D eigenvalue weighted by Crippen LogP contribution is 2.17. The zero-order chi connectivity index (χ0) is 11.3. The van der Waals surface area contributed by atoms with Crippen LogP contribution in [0.1, 0.15) is 5.56 Å². The molecular weight excluding hydrogens is 213 g/mol. The summed E-state index contributed by atoms with van der Waals surface area (Å²) < 4.78 is 13.2. The van der Waals surface area contributed by atoms with Crippen LogP contribution in [0.5, 0.6) is 0 Å². The molecule has 4 heteroatoms. The van der Waals surface area contributed by atoms with Crippen LogP contribution in [0.25, 0.3) is 0 Å². The predicted molar refractivity (Wildman–Crippen MR) is 64.0 cm³/mol. The van der Waals surface area contributed by atoms with E-state index in [9.17, 15) is 4.39 Å². The summed E-state index contributed by atoms with van der Waals surface area (Å²) in [6.45, 7) is 0.747. The minimum Gasteiger partial charge on any atom is -0.392 e. The number of anilines is 1. The van der Waals surface area contributed by atoms with E-state index >= 15 is 0 Å². The summed E-state index contributed by atoms with van der Waals surface area (Å²) in [5, 5.41) is 8.96. The molecule has 1 aromatic rings. The van der Waals surface area contributed by atoms with Gasteiger partial charge in [-0.05, 0) is 30.0 Å². The molecule has 0 saturated heterocycles. The quantitative estimate of drug-likeness (QED) is 0.836. The van der Waals surface area contributed by atoms with Crippen molar-refractivity contribution >= 4 is 17.4 Å². The van der Waals surface area contributed by atoms with Crippen LogP contribution >= 0.6 is 11.8 Å². The van der Waals surface area contributed by atoms with Crippen LogP contribution in [-0.4, -0.2) is 30.7 Å². The van der Waals surface area contributed by atoms with E-state index < -0.39 is 0 Å². The molecule has 0 saturated carbocycles. The monoisotopic (exact) mass is 229 g/mol. The summed E-state index contributed by atoms with van der Waals surface area (Å²) in [7, 11) is 1.92. The van der Waals surface area contributed by atoms with Crippen molar-refractivity contribution in [2.45, 2.75) is 6.61 Å². The number of rotatable bonds is 5. The smallest absolute Gasteiger partial charge is 0.125 e. The van der Waals surface area contributed by atoms with Crippen molar-refractivity contribution in [1.82, 2.24) is 0 Å². The van der Waals surface area contributed by atoms with Crippen molar-refractivity contribution in [3.05, 3.63) is 29.6 Å². The molecule has 0 aliphatic heterocycles. The van der Waals surface area contributed by atoms with Gasteiger partial charge < -0.3 is 10.0 Å². The largest absolute Gasteiger partial charge is 0.392 e. The molecule has 1 rings (SSSR count). The zero-order valence-corrected chi connectivity index (χ0v) is 9.85. The number of hydrogen-bond acceptors (Lipinski definition) is 3. The van der Waals surface area contributed by atoms with E-state index in [0.29, 0.717) is 5.56 Å². The Morgan fingerprint density at radius 2 is 2.13 bits per heavy atom. The molecule has 0 aromatic heterocycles. The van der Waals surface area contributed by atoms with Crippen LogP contribution in [0.2, 0.25) is 0 Å². The van der Waals surface area contributed by atoms with Crippen molar-refractivity contribution in [3.63, 3.8) is 0 Å². The number of halogens is 1. The van der Waals surface area contributed by atoms with Gasteiger partial charge in [0.15, 0.2) is 0 Å². The van der Waals surface area contributed by atoms with Crippen LogP contribution in [-0.2, 0) is 6.61 Å². The maximum atomic E-state index is 13.2. The van der Waals surface area contributed by atoms with E-state index in [1.807, 2.05) is 24.3 Å². The van der Waals surface area contributed by atoms with Crippen molar-refractivity contribution in [2.75, 3.05) is 30.5 Å². The zero-order valence-electron chi connectivity index (χ0n) is 9.03. The van der Waals surface area contributed by atoms with Crippen molar-refractivity contribution < 1.29 is 9.50 Å². The third kappa shape index (κ3) is 3.72. The molecule has 15 heavy (non-hydrogen) atoms. The summed E-state index contributed by atoms with van der Waals surface area (Å²) in [6.07, 6.45) is 2.04. The van der Waals surface area contributed by atoms with Gasteiger partial charge in [-0.15, -0.1) is 0 Å². The lowest BCUT2D eigenvalue weighted by Gasteiger charge is -2.19. The summed E-state index contributed by atoms with van der Waals surface area (Å²) in [5.41, 5.74) is 1.43. The van der Waals surface area contributed by atoms with Gasteiger partial charge >= 0.3 is 0 Å². The molecule has 84 valence electrons. The number of hydrogen-bond donors (Lipinski definition) is 1. The lowest BCUT2D eigenvalue weighted by atomic mass is 10.2. The van der Waals surface area contributed by atoms with Crippen LogP contribution in [0, 0.1) is 5.82 Å². The molecule has 0 aliphatic rings. The van der Waals surface area contributed by atoms with Gasteiger partial charge in [0.25, 0.3) is 0 Å². The third-order valence-corrected chi connectivity index (χ3v) is 2.79. The fraction of sp³-hybridized carbons (Fsp3) is 0.455. The van der Waals surface area contributed by atoms with Crippen molar-refractivity contribution in [3.8, 4) is 0 Å². The Kier molecular flexibility index (Phi) is 4.91. The van der Waals surface area contributed by atoms with Crippen LogP contribution < -0.4 is 4.90 Å². The Hall–Kier alpha value is -0.740. The molecule has 0 aliphatic carbocycles. The minimum absolute atomic E-state index is 0.124. The second-order valence-corrected chi connectivity index (χ2v) is 4.38. The standard InChI is InChI=1S/C11H16FNOS/c1-13(3-4-15-2)11-6-9(8-14)5-10(12)7-11/h5-7,14H,3-4,8H2,1-2H3. The molecule has 2 nitrogen and oxygen atoms in total. The van der Waals surface area contributed by atoms with E-state index in [-0.39, 0.29) is 12.4 Å². The Morgan fingerprint density at radius 3 is 2.73 bits per heavy atom. The summed E-state index contributed by atoms with van der Waals surface area (Å²) >= 11 is 1.75. The SMILES string of the molecule is CSCCN(C)c1cc(F)cc(CO)c1. The molecule has 0 fully saturated rings. The van der Waals surface area contributed by atoms with Crippen LogP contribution in [0.4, 0.5) is 10.1 Å². The first-order valence-corrected chi connectivity index (χ1v) is 6.17. The van der Waals surface area contributed by atoms with E-state index in [4.69, 9.17) is 5.11 Å². The number of aliphatic hydroxyl groups is 1. The second-order valence-electron chi connectivity index (χ2n) is 3.39. The molecular formula is C11H16FNOS. The topological polar surface area (TPSA) is 23.5 Å². The molecule has 0 amide bonds. The Balaban J connectivity index is 2.78. The van der Waals surface area contributed by atoms with Gasteiger partial charge in [0.05, 0.1) is 6.61 Å². The molecule has 0 radical (unpaired) electrons.